The van der Waals surface area contributed by atoms with Crippen molar-refractivity contribution in [3.8, 4) is 5.69 Å². The Hall–Kier alpha value is -3.58. The Labute approximate surface area is 203 Å². The van der Waals surface area contributed by atoms with Crippen molar-refractivity contribution in [3.63, 3.8) is 0 Å². The largest absolute Gasteiger partial charge is 0.376 e. The molecule has 0 saturated carbocycles. The third-order valence-corrected chi connectivity index (χ3v) is 6.98. The van der Waals surface area contributed by atoms with Gasteiger partial charge in [-0.25, -0.2) is 15.0 Å². The van der Waals surface area contributed by atoms with Crippen molar-refractivity contribution >= 4 is 33.2 Å². The summed E-state index contributed by atoms with van der Waals surface area (Å²) in [6.45, 7) is 5.35. The van der Waals surface area contributed by atoms with E-state index in [0.29, 0.717) is 34.6 Å². The zero-order chi connectivity index (χ0) is 23.9. The second-order valence-electron chi connectivity index (χ2n) is 9.40. The van der Waals surface area contributed by atoms with Crippen LogP contribution in [-0.2, 0) is 17.7 Å². The molecular formula is C28H29N5O2. The highest BCUT2D eigenvalue weighted by Crippen LogP contribution is 2.29. The zero-order valence-electron chi connectivity index (χ0n) is 20.2. The summed E-state index contributed by atoms with van der Waals surface area (Å²) in [5.74, 6) is 0.672. The van der Waals surface area contributed by atoms with Gasteiger partial charge < -0.3 is 4.74 Å². The lowest BCUT2D eigenvalue weighted by molar-refractivity contribution is 0.0955. The molecule has 0 unspecified atom stereocenters. The van der Waals surface area contributed by atoms with E-state index in [-0.39, 0.29) is 11.7 Å². The smallest absolute Gasteiger partial charge is 0.265 e. The summed E-state index contributed by atoms with van der Waals surface area (Å²) in [6, 6.07) is 16.3. The number of hydrogen-bond donors (Lipinski definition) is 0. The summed E-state index contributed by atoms with van der Waals surface area (Å²) in [6.07, 6.45) is 5.41. The summed E-state index contributed by atoms with van der Waals surface area (Å²) < 4.78 is 9.54. The number of unbranched alkanes of at least 4 members (excludes halogenated alkanes) is 1. The van der Waals surface area contributed by atoms with Gasteiger partial charge in [0.25, 0.3) is 5.56 Å². The average Bonchev–Trinajstić information content (AvgIpc) is 3.50. The predicted octanol–water partition coefficient (Wildman–Crippen LogP) is 5.11. The molecule has 35 heavy (non-hydrogen) atoms. The van der Waals surface area contributed by atoms with Crippen LogP contribution in [0, 0.1) is 6.92 Å². The monoisotopic (exact) mass is 467 g/mol. The van der Waals surface area contributed by atoms with Crippen LogP contribution in [0.3, 0.4) is 0 Å². The van der Waals surface area contributed by atoms with Crippen LogP contribution in [-0.4, -0.2) is 36.8 Å². The van der Waals surface area contributed by atoms with Gasteiger partial charge in [-0.05, 0) is 62.4 Å². The second-order valence-corrected chi connectivity index (χ2v) is 9.40. The first kappa shape index (κ1) is 21.9. The Morgan fingerprint density at radius 3 is 2.49 bits per heavy atom. The molecule has 178 valence electrons. The number of fused-ring (bicyclic) bond motifs is 4. The minimum absolute atomic E-state index is 0.0431. The van der Waals surface area contributed by atoms with E-state index in [1.807, 2.05) is 35.8 Å². The molecule has 6 rings (SSSR count). The summed E-state index contributed by atoms with van der Waals surface area (Å²) >= 11 is 0. The van der Waals surface area contributed by atoms with Crippen LogP contribution in [0.2, 0.25) is 0 Å². The highest BCUT2D eigenvalue weighted by Gasteiger charge is 2.24. The minimum Gasteiger partial charge on any atom is -0.376 e. The van der Waals surface area contributed by atoms with Gasteiger partial charge in [0.05, 0.1) is 23.7 Å². The molecule has 5 aromatic rings. The predicted molar refractivity (Wildman–Crippen MR) is 138 cm³/mol. The lowest BCUT2D eigenvalue weighted by Crippen LogP contribution is -2.29. The topological polar surface area (TPSA) is 74.8 Å². The number of rotatable bonds is 6. The van der Waals surface area contributed by atoms with Crippen molar-refractivity contribution in [1.29, 1.82) is 0 Å². The number of ether oxygens (including phenoxy) is 1. The third-order valence-electron chi connectivity index (χ3n) is 6.98. The van der Waals surface area contributed by atoms with Crippen LogP contribution in [0.15, 0.2) is 53.3 Å². The molecule has 0 aliphatic carbocycles. The van der Waals surface area contributed by atoms with E-state index in [1.54, 1.807) is 4.57 Å². The number of para-hydroxylation sites is 2. The number of nitrogens with zero attached hydrogens (tertiary/aromatic N) is 5. The number of aromatic nitrogens is 5. The van der Waals surface area contributed by atoms with E-state index < -0.39 is 0 Å². The molecule has 7 nitrogen and oxygen atoms in total. The minimum atomic E-state index is -0.0871. The third kappa shape index (κ3) is 3.80. The van der Waals surface area contributed by atoms with E-state index in [2.05, 4.69) is 31.2 Å². The van der Waals surface area contributed by atoms with Crippen LogP contribution in [0.1, 0.15) is 44.0 Å². The van der Waals surface area contributed by atoms with Gasteiger partial charge in [0, 0.05) is 12.3 Å². The average molecular weight is 468 g/mol. The molecule has 1 aliphatic rings. The van der Waals surface area contributed by atoms with E-state index in [9.17, 15) is 4.79 Å². The molecule has 1 atom stereocenters. The fraction of sp³-hybridized carbons (Fsp3) is 0.357. The Balaban J connectivity index is 1.62. The van der Waals surface area contributed by atoms with E-state index >= 15 is 0 Å². The van der Waals surface area contributed by atoms with Crippen LogP contribution < -0.4 is 5.56 Å². The Kier molecular flexibility index (Phi) is 5.57. The van der Waals surface area contributed by atoms with Crippen molar-refractivity contribution in [2.45, 2.75) is 58.6 Å². The summed E-state index contributed by atoms with van der Waals surface area (Å²) in [5.41, 5.74) is 5.54. The lowest BCUT2D eigenvalue weighted by atomic mass is 10.1. The normalized spacial score (nSPS) is 16.1. The fourth-order valence-electron chi connectivity index (χ4n) is 5.07. The first-order chi connectivity index (χ1) is 17.1. The molecule has 1 fully saturated rings. The van der Waals surface area contributed by atoms with Gasteiger partial charge >= 0.3 is 0 Å². The molecule has 1 saturated heterocycles. The molecule has 0 radical (unpaired) electrons. The lowest BCUT2D eigenvalue weighted by Gasteiger charge is -2.14. The van der Waals surface area contributed by atoms with E-state index in [1.165, 1.54) is 12.0 Å². The fourth-order valence-corrected chi connectivity index (χ4v) is 5.07. The van der Waals surface area contributed by atoms with E-state index in [0.717, 1.165) is 49.0 Å². The van der Waals surface area contributed by atoms with Crippen LogP contribution in [0.4, 0.5) is 0 Å². The Morgan fingerprint density at radius 2 is 1.77 bits per heavy atom. The van der Waals surface area contributed by atoms with Gasteiger partial charge in [-0.15, -0.1) is 0 Å². The van der Waals surface area contributed by atoms with Crippen LogP contribution in [0.5, 0.6) is 0 Å². The van der Waals surface area contributed by atoms with Gasteiger partial charge in [0.2, 0.25) is 0 Å². The number of hydrogen-bond acceptors (Lipinski definition) is 5. The van der Waals surface area contributed by atoms with Crippen molar-refractivity contribution < 1.29 is 4.74 Å². The van der Waals surface area contributed by atoms with Gasteiger partial charge in [-0.1, -0.05) is 37.6 Å². The summed E-state index contributed by atoms with van der Waals surface area (Å²) in [7, 11) is 0. The highest BCUT2D eigenvalue weighted by molar-refractivity contribution is 6.05. The van der Waals surface area contributed by atoms with Gasteiger partial charge in [0.1, 0.15) is 16.7 Å². The molecule has 2 aromatic carbocycles. The zero-order valence-corrected chi connectivity index (χ0v) is 20.2. The summed E-state index contributed by atoms with van der Waals surface area (Å²) in [4.78, 5) is 28.7. The number of aryl methyl sites for hydroxylation is 2. The van der Waals surface area contributed by atoms with Crippen LogP contribution in [0.25, 0.3) is 38.9 Å². The van der Waals surface area contributed by atoms with E-state index in [4.69, 9.17) is 19.7 Å². The highest BCUT2D eigenvalue weighted by atomic mass is 16.5. The molecule has 0 spiro atoms. The van der Waals surface area contributed by atoms with Crippen molar-refractivity contribution in [3.05, 3.63) is 70.3 Å². The molecular weight excluding hydrogens is 438 g/mol. The summed E-state index contributed by atoms with van der Waals surface area (Å²) in [5, 5.41) is 0.511. The van der Waals surface area contributed by atoms with Crippen molar-refractivity contribution in [2.75, 3.05) is 6.61 Å². The van der Waals surface area contributed by atoms with Gasteiger partial charge in [-0.3, -0.25) is 13.9 Å². The maximum Gasteiger partial charge on any atom is 0.265 e. The Bertz CT molecular complexity index is 1590. The van der Waals surface area contributed by atoms with Gasteiger partial charge in [0.15, 0.2) is 11.3 Å². The van der Waals surface area contributed by atoms with Crippen molar-refractivity contribution in [2.24, 2.45) is 0 Å². The SMILES string of the molecule is CCCCc1ccc(-n2c3nc4ccccc4nc3c3c(=O)n(C[C@H]4CCCO4)c(C)nc32)cc1. The molecule has 3 aromatic heterocycles. The first-order valence-corrected chi connectivity index (χ1v) is 12.5. The molecule has 0 bridgehead atoms. The first-order valence-electron chi connectivity index (χ1n) is 12.5. The van der Waals surface area contributed by atoms with Crippen LogP contribution >= 0.6 is 0 Å². The maximum atomic E-state index is 13.9. The molecule has 7 heteroatoms. The molecule has 1 aliphatic heterocycles. The molecule has 4 heterocycles. The molecule has 0 N–H and O–H groups in total. The molecule has 0 amide bonds. The number of benzene rings is 2. The van der Waals surface area contributed by atoms with Crippen molar-refractivity contribution in [1.82, 2.24) is 24.1 Å². The quantitative estimate of drug-likeness (QED) is 0.347. The second kappa shape index (κ2) is 8.89. The maximum absolute atomic E-state index is 13.9. The van der Waals surface area contributed by atoms with Gasteiger partial charge in [-0.2, -0.15) is 0 Å². The standard InChI is InChI=1S/C28H29N5O2/c1-3-4-8-19-12-14-20(15-13-19)33-26-24(25-27(33)31-23-11-6-5-10-22(23)30-25)28(34)32(18(2)29-26)17-21-9-7-16-35-21/h5-6,10-15,21H,3-4,7-9,16-17H2,1-2H3/t21-/m1/s1. The Morgan fingerprint density at radius 1 is 1.00 bits per heavy atom.